The van der Waals surface area contributed by atoms with Crippen LogP contribution in [0, 0.1) is 5.92 Å². The van der Waals surface area contributed by atoms with Crippen LogP contribution in [0.2, 0.25) is 0 Å². The summed E-state index contributed by atoms with van der Waals surface area (Å²) in [5.41, 5.74) is 1.53. The van der Waals surface area contributed by atoms with Gasteiger partial charge in [0.05, 0.1) is 6.54 Å². The van der Waals surface area contributed by atoms with Crippen molar-refractivity contribution in [2.75, 3.05) is 18.4 Å². The van der Waals surface area contributed by atoms with Crippen LogP contribution in [0.25, 0.3) is 0 Å². The van der Waals surface area contributed by atoms with Crippen LogP contribution < -0.4 is 5.32 Å². The summed E-state index contributed by atoms with van der Waals surface area (Å²) >= 11 is 1.31. The predicted molar refractivity (Wildman–Crippen MR) is 113 cm³/mol. The minimum atomic E-state index is -0.243. The van der Waals surface area contributed by atoms with Crippen molar-refractivity contribution in [1.29, 1.82) is 0 Å². The number of hydrogen-bond acceptors (Lipinski definition) is 6. The van der Waals surface area contributed by atoms with Crippen molar-refractivity contribution >= 4 is 28.7 Å². The number of carbonyl (C=O) groups excluding carboxylic acids is 2. The molecule has 0 saturated carbocycles. The SMILES string of the molecule is O=C(Nc1ccccc1)c1nnc(CN2CCC(C(=O)c3ccccc3)CC2)s1. The minimum absolute atomic E-state index is 0.0790. The molecule has 1 N–H and O–H groups in total. The number of hydrogen-bond donors (Lipinski definition) is 1. The number of ketones is 1. The van der Waals surface area contributed by atoms with Gasteiger partial charge in [0.15, 0.2) is 5.78 Å². The average Bonchev–Trinajstić information content (AvgIpc) is 3.24. The zero-order valence-corrected chi connectivity index (χ0v) is 16.8. The van der Waals surface area contributed by atoms with E-state index < -0.39 is 0 Å². The monoisotopic (exact) mass is 406 g/mol. The first kappa shape index (κ1) is 19.4. The van der Waals surface area contributed by atoms with Crippen molar-refractivity contribution in [3.63, 3.8) is 0 Å². The van der Waals surface area contributed by atoms with E-state index in [-0.39, 0.29) is 17.6 Å². The Morgan fingerprint density at radius 3 is 2.31 bits per heavy atom. The molecule has 1 aromatic heterocycles. The van der Waals surface area contributed by atoms with Gasteiger partial charge in [-0.2, -0.15) is 0 Å². The Kier molecular flexibility index (Phi) is 6.07. The number of anilines is 1. The molecule has 0 bridgehead atoms. The maximum Gasteiger partial charge on any atom is 0.286 e. The Balaban J connectivity index is 1.29. The first-order chi connectivity index (χ1) is 14.2. The van der Waals surface area contributed by atoms with Crippen molar-refractivity contribution in [3.8, 4) is 0 Å². The third-order valence-corrected chi connectivity index (χ3v) is 5.98. The van der Waals surface area contributed by atoms with E-state index in [0.29, 0.717) is 11.6 Å². The number of aromatic nitrogens is 2. The van der Waals surface area contributed by atoms with Crippen LogP contribution in [0.3, 0.4) is 0 Å². The van der Waals surface area contributed by atoms with Gasteiger partial charge in [0.1, 0.15) is 5.01 Å². The highest BCUT2D eigenvalue weighted by atomic mass is 32.1. The molecule has 0 unspecified atom stereocenters. The van der Waals surface area contributed by atoms with Crippen molar-refractivity contribution in [2.24, 2.45) is 5.92 Å². The molecule has 0 spiro atoms. The van der Waals surface area contributed by atoms with Gasteiger partial charge in [-0.15, -0.1) is 10.2 Å². The lowest BCUT2D eigenvalue weighted by Crippen LogP contribution is -2.35. The third-order valence-electron chi connectivity index (χ3n) is 5.07. The van der Waals surface area contributed by atoms with Crippen LogP contribution in [0.5, 0.6) is 0 Å². The van der Waals surface area contributed by atoms with Crippen LogP contribution in [0.4, 0.5) is 5.69 Å². The molecule has 1 amide bonds. The first-order valence-corrected chi connectivity index (χ1v) is 10.5. The molecule has 0 aliphatic carbocycles. The topological polar surface area (TPSA) is 75.2 Å². The van der Waals surface area contributed by atoms with Crippen molar-refractivity contribution in [1.82, 2.24) is 15.1 Å². The van der Waals surface area contributed by atoms with E-state index in [1.54, 1.807) is 0 Å². The number of amides is 1. The maximum absolute atomic E-state index is 12.6. The van der Waals surface area contributed by atoms with E-state index in [4.69, 9.17) is 0 Å². The highest BCUT2D eigenvalue weighted by molar-refractivity contribution is 7.13. The number of carbonyl (C=O) groups is 2. The van der Waals surface area contributed by atoms with Gasteiger partial charge in [-0.05, 0) is 38.1 Å². The van der Waals surface area contributed by atoms with Gasteiger partial charge in [-0.25, -0.2) is 0 Å². The van der Waals surface area contributed by atoms with E-state index in [2.05, 4.69) is 20.4 Å². The summed E-state index contributed by atoms with van der Waals surface area (Å²) in [6.45, 7) is 2.34. The summed E-state index contributed by atoms with van der Waals surface area (Å²) in [7, 11) is 0. The largest absolute Gasteiger partial charge is 0.320 e. The van der Waals surface area contributed by atoms with E-state index >= 15 is 0 Å². The Bertz CT molecular complexity index is 967. The fraction of sp³-hybridized carbons (Fsp3) is 0.273. The molecule has 2 heterocycles. The molecule has 7 heteroatoms. The molecule has 2 aromatic carbocycles. The lowest BCUT2D eigenvalue weighted by atomic mass is 9.89. The van der Waals surface area contributed by atoms with Gasteiger partial charge in [-0.3, -0.25) is 14.5 Å². The summed E-state index contributed by atoms with van der Waals surface area (Å²) < 4.78 is 0. The standard InChI is InChI=1S/C22H22N4O2S/c27-20(16-7-3-1-4-8-16)17-11-13-26(14-12-17)15-19-24-25-22(29-19)21(28)23-18-9-5-2-6-10-18/h1-10,17H,11-15H2,(H,23,28). The molecule has 29 heavy (non-hydrogen) atoms. The Morgan fingerprint density at radius 1 is 0.966 bits per heavy atom. The second-order valence-electron chi connectivity index (χ2n) is 7.10. The van der Waals surface area contributed by atoms with Crippen molar-refractivity contribution in [2.45, 2.75) is 19.4 Å². The minimum Gasteiger partial charge on any atom is -0.320 e. The summed E-state index contributed by atoms with van der Waals surface area (Å²) in [4.78, 5) is 27.2. The number of nitrogens with zero attached hydrogens (tertiary/aromatic N) is 3. The van der Waals surface area contributed by atoms with Gasteiger partial charge in [-0.1, -0.05) is 59.9 Å². The van der Waals surface area contributed by atoms with Gasteiger partial charge in [0.25, 0.3) is 5.91 Å². The van der Waals surface area contributed by atoms with E-state index in [0.717, 1.165) is 42.2 Å². The molecule has 1 aliphatic heterocycles. The molecule has 4 rings (SSSR count). The number of benzene rings is 2. The van der Waals surface area contributed by atoms with E-state index in [1.807, 2.05) is 60.7 Å². The number of likely N-dealkylation sites (tertiary alicyclic amines) is 1. The number of rotatable bonds is 6. The van der Waals surface area contributed by atoms with Crippen molar-refractivity contribution < 1.29 is 9.59 Å². The molecule has 1 fully saturated rings. The average molecular weight is 407 g/mol. The Labute approximate surface area is 173 Å². The Hall–Kier alpha value is -2.90. The van der Waals surface area contributed by atoms with Crippen LogP contribution in [-0.2, 0) is 6.54 Å². The predicted octanol–water partition coefficient (Wildman–Crippen LogP) is 3.89. The summed E-state index contributed by atoms with van der Waals surface area (Å²) in [5.74, 6) is 0.0726. The maximum atomic E-state index is 12.6. The number of piperidine rings is 1. The van der Waals surface area contributed by atoms with Crippen LogP contribution >= 0.6 is 11.3 Å². The fourth-order valence-corrected chi connectivity index (χ4v) is 4.28. The Morgan fingerprint density at radius 2 is 1.62 bits per heavy atom. The molecule has 0 radical (unpaired) electrons. The highest BCUT2D eigenvalue weighted by Crippen LogP contribution is 2.24. The molecule has 6 nitrogen and oxygen atoms in total. The first-order valence-electron chi connectivity index (χ1n) is 9.69. The van der Waals surface area contributed by atoms with E-state index in [9.17, 15) is 9.59 Å². The van der Waals surface area contributed by atoms with Gasteiger partial charge in [0, 0.05) is 17.2 Å². The zero-order valence-electron chi connectivity index (χ0n) is 16.0. The molecular formula is C22H22N4O2S. The van der Waals surface area contributed by atoms with Gasteiger partial charge < -0.3 is 5.32 Å². The lowest BCUT2D eigenvalue weighted by molar-refractivity contribution is 0.0834. The molecule has 148 valence electrons. The number of Topliss-reactive ketones (excluding diaryl/α,β-unsaturated/α-hetero) is 1. The summed E-state index contributed by atoms with van der Waals surface area (Å²) in [5, 5.41) is 12.2. The molecule has 1 aliphatic rings. The highest BCUT2D eigenvalue weighted by Gasteiger charge is 2.26. The van der Waals surface area contributed by atoms with Crippen LogP contribution in [-0.4, -0.2) is 39.9 Å². The summed E-state index contributed by atoms with van der Waals surface area (Å²) in [6, 6.07) is 18.8. The van der Waals surface area contributed by atoms with Crippen LogP contribution in [0.1, 0.15) is 38.0 Å². The molecular weight excluding hydrogens is 384 g/mol. The second kappa shape index (κ2) is 9.07. The van der Waals surface area contributed by atoms with Crippen LogP contribution in [0.15, 0.2) is 60.7 Å². The smallest absolute Gasteiger partial charge is 0.286 e. The molecule has 1 saturated heterocycles. The molecule has 3 aromatic rings. The second-order valence-corrected chi connectivity index (χ2v) is 8.16. The van der Waals surface area contributed by atoms with Gasteiger partial charge in [0.2, 0.25) is 5.01 Å². The number of nitrogens with one attached hydrogen (secondary N) is 1. The summed E-state index contributed by atoms with van der Waals surface area (Å²) in [6.07, 6.45) is 1.68. The normalized spacial score (nSPS) is 15.2. The third kappa shape index (κ3) is 4.93. The van der Waals surface area contributed by atoms with E-state index in [1.165, 1.54) is 11.3 Å². The lowest BCUT2D eigenvalue weighted by Gasteiger charge is -2.30. The van der Waals surface area contributed by atoms with Gasteiger partial charge >= 0.3 is 0 Å². The zero-order chi connectivity index (χ0) is 20.1. The quantitative estimate of drug-likeness (QED) is 0.629. The fourth-order valence-electron chi connectivity index (χ4n) is 3.50. The molecule has 0 atom stereocenters. The van der Waals surface area contributed by atoms with Crippen molar-refractivity contribution in [3.05, 3.63) is 76.2 Å². The number of para-hydroxylation sites is 1.